The Kier molecular flexibility index (Phi) is 6.24. The highest BCUT2D eigenvalue weighted by atomic mass is 35.5. The molecular weight excluding hydrogens is 336 g/mol. The summed E-state index contributed by atoms with van der Waals surface area (Å²) in [6, 6.07) is 8.62. The fourth-order valence-corrected chi connectivity index (χ4v) is 4.26. The topological polar surface area (TPSA) is 50.4 Å². The fraction of sp³-hybridized carbons (Fsp3) is 0.650. The molecule has 3 fully saturated rings. The zero-order valence-corrected chi connectivity index (χ0v) is 15.5. The van der Waals surface area contributed by atoms with Gasteiger partial charge in [-0.1, -0.05) is 31.0 Å². The van der Waals surface area contributed by atoms with E-state index in [4.69, 9.17) is 4.74 Å². The molecule has 0 bridgehead atoms. The van der Waals surface area contributed by atoms with Crippen molar-refractivity contribution < 1.29 is 9.53 Å². The molecule has 3 unspecified atom stereocenters. The molecule has 3 atom stereocenters. The number of hydrogen-bond acceptors (Lipinski definition) is 3. The number of benzene rings is 1. The van der Waals surface area contributed by atoms with Crippen molar-refractivity contribution in [1.29, 1.82) is 0 Å². The van der Waals surface area contributed by atoms with Crippen LogP contribution in [0.4, 0.5) is 0 Å². The number of halogens is 1. The summed E-state index contributed by atoms with van der Waals surface area (Å²) >= 11 is 0. The number of carbonyl (C=O) groups excluding carboxylic acids is 1. The Balaban J connectivity index is 0.00000182. The summed E-state index contributed by atoms with van der Waals surface area (Å²) in [6.45, 7) is 0.551. The zero-order valence-electron chi connectivity index (χ0n) is 14.7. The lowest BCUT2D eigenvalue weighted by Crippen LogP contribution is -2.43. The van der Waals surface area contributed by atoms with Crippen molar-refractivity contribution in [2.45, 2.75) is 76.1 Å². The van der Waals surface area contributed by atoms with Crippen molar-refractivity contribution >= 4 is 18.3 Å². The Morgan fingerprint density at radius 3 is 2.68 bits per heavy atom. The lowest BCUT2D eigenvalue weighted by molar-refractivity contribution is -0.123. The predicted octanol–water partition coefficient (Wildman–Crippen LogP) is 3.58. The van der Waals surface area contributed by atoms with E-state index < -0.39 is 0 Å². The summed E-state index contributed by atoms with van der Waals surface area (Å²) in [4.78, 5) is 12.5. The minimum atomic E-state index is -0.0159. The van der Waals surface area contributed by atoms with Crippen molar-refractivity contribution in [3.8, 4) is 5.75 Å². The number of ether oxygens (including phenoxy) is 1. The van der Waals surface area contributed by atoms with Crippen molar-refractivity contribution in [2.75, 3.05) is 0 Å². The third kappa shape index (κ3) is 4.29. The normalized spacial score (nSPS) is 28.4. The number of carbonyl (C=O) groups is 1. The first kappa shape index (κ1) is 18.5. The summed E-state index contributed by atoms with van der Waals surface area (Å²) in [5.74, 6) is 1.77. The smallest absolute Gasteiger partial charge is 0.237 e. The van der Waals surface area contributed by atoms with Crippen molar-refractivity contribution in [3.05, 3.63) is 29.8 Å². The van der Waals surface area contributed by atoms with Crippen LogP contribution in [0.2, 0.25) is 0 Å². The predicted molar refractivity (Wildman–Crippen MR) is 101 cm³/mol. The second kappa shape index (κ2) is 8.41. The molecule has 0 aromatic heterocycles. The lowest BCUT2D eigenvalue weighted by Gasteiger charge is -2.27. The molecule has 1 saturated heterocycles. The number of rotatable bonds is 5. The third-order valence-electron chi connectivity index (χ3n) is 5.95. The van der Waals surface area contributed by atoms with Crippen molar-refractivity contribution in [3.63, 3.8) is 0 Å². The number of amides is 1. The highest BCUT2D eigenvalue weighted by molar-refractivity contribution is 5.85. The van der Waals surface area contributed by atoms with Crippen LogP contribution in [0.25, 0.3) is 0 Å². The van der Waals surface area contributed by atoms with Gasteiger partial charge in [0.15, 0.2) is 0 Å². The summed E-state index contributed by atoms with van der Waals surface area (Å²) < 4.78 is 6.05. The molecule has 1 aromatic carbocycles. The second-order valence-corrected chi connectivity index (χ2v) is 7.60. The monoisotopic (exact) mass is 364 g/mol. The van der Waals surface area contributed by atoms with Crippen LogP contribution in [-0.4, -0.2) is 24.1 Å². The first-order valence-electron chi connectivity index (χ1n) is 9.58. The van der Waals surface area contributed by atoms with Gasteiger partial charge >= 0.3 is 0 Å². The standard InChI is InChI=1S/C20H28N2O2.ClH/c23-20(18-12-14-6-1-3-10-17(14)22-18)21-13-15-7-2-4-11-19(15)24-16-8-5-9-16;/h2,4,7,11,14,16-18,22H,1,3,5-6,8-10,12-13H2,(H,21,23);1H. The van der Waals surface area contributed by atoms with Gasteiger partial charge in [0.25, 0.3) is 0 Å². The molecule has 0 spiro atoms. The molecular formula is C20H29ClN2O2. The van der Waals surface area contributed by atoms with Crippen LogP contribution in [0.15, 0.2) is 24.3 Å². The van der Waals surface area contributed by atoms with E-state index >= 15 is 0 Å². The van der Waals surface area contributed by atoms with E-state index in [1.807, 2.05) is 18.2 Å². The van der Waals surface area contributed by atoms with Gasteiger partial charge in [-0.15, -0.1) is 12.4 Å². The van der Waals surface area contributed by atoms with E-state index in [9.17, 15) is 4.79 Å². The van der Waals surface area contributed by atoms with Gasteiger partial charge in [0, 0.05) is 18.2 Å². The Bertz CT molecular complexity index is 577. The fourth-order valence-electron chi connectivity index (χ4n) is 4.26. The molecule has 4 rings (SSSR count). The maximum absolute atomic E-state index is 12.5. The minimum absolute atomic E-state index is 0. The lowest BCUT2D eigenvalue weighted by atomic mass is 9.85. The third-order valence-corrected chi connectivity index (χ3v) is 5.95. The average Bonchev–Trinajstić information content (AvgIpc) is 3.01. The van der Waals surface area contributed by atoms with Gasteiger partial charge in [-0.25, -0.2) is 0 Å². The van der Waals surface area contributed by atoms with Gasteiger partial charge in [0.2, 0.25) is 5.91 Å². The van der Waals surface area contributed by atoms with E-state index in [1.165, 1.54) is 32.1 Å². The molecule has 1 heterocycles. The second-order valence-electron chi connectivity index (χ2n) is 7.60. The van der Waals surface area contributed by atoms with Crippen LogP contribution in [0.5, 0.6) is 5.75 Å². The van der Waals surface area contributed by atoms with Crippen LogP contribution in [-0.2, 0) is 11.3 Å². The molecule has 2 N–H and O–H groups in total. The molecule has 3 aliphatic rings. The molecule has 1 aromatic rings. The number of hydrogen-bond donors (Lipinski definition) is 2. The quantitative estimate of drug-likeness (QED) is 0.839. The minimum Gasteiger partial charge on any atom is -0.490 e. The molecule has 1 aliphatic heterocycles. The number of nitrogens with one attached hydrogen (secondary N) is 2. The number of para-hydroxylation sites is 1. The molecule has 2 aliphatic carbocycles. The van der Waals surface area contributed by atoms with Crippen molar-refractivity contribution in [1.82, 2.24) is 10.6 Å². The van der Waals surface area contributed by atoms with Gasteiger partial charge in [-0.2, -0.15) is 0 Å². The first-order valence-corrected chi connectivity index (χ1v) is 9.58. The maximum Gasteiger partial charge on any atom is 0.237 e. The van der Waals surface area contributed by atoms with Gasteiger partial charge in [0.05, 0.1) is 12.1 Å². The van der Waals surface area contributed by atoms with E-state index in [0.717, 1.165) is 30.6 Å². The van der Waals surface area contributed by atoms with E-state index in [2.05, 4.69) is 16.7 Å². The molecule has 138 valence electrons. The number of fused-ring (bicyclic) bond motifs is 1. The first-order chi connectivity index (χ1) is 11.8. The Labute approximate surface area is 156 Å². The largest absolute Gasteiger partial charge is 0.490 e. The molecule has 4 nitrogen and oxygen atoms in total. The Morgan fingerprint density at radius 1 is 1.12 bits per heavy atom. The van der Waals surface area contributed by atoms with Crippen LogP contribution in [0.3, 0.4) is 0 Å². The van der Waals surface area contributed by atoms with Crippen LogP contribution >= 0.6 is 12.4 Å². The van der Waals surface area contributed by atoms with Gasteiger partial charge in [-0.05, 0) is 50.5 Å². The Morgan fingerprint density at radius 2 is 1.92 bits per heavy atom. The summed E-state index contributed by atoms with van der Waals surface area (Å²) in [5.41, 5.74) is 1.08. The maximum atomic E-state index is 12.5. The van der Waals surface area contributed by atoms with Gasteiger partial charge in [-0.3, -0.25) is 4.79 Å². The van der Waals surface area contributed by atoms with Crippen molar-refractivity contribution in [2.24, 2.45) is 5.92 Å². The van der Waals surface area contributed by atoms with Gasteiger partial charge in [0.1, 0.15) is 5.75 Å². The highest BCUT2D eigenvalue weighted by Crippen LogP contribution is 2.33. The van der Waals surface area contributed by atoms with E-state index in [0.29, 0.717) is 24.6 Å². The summed E-state index contributed by atoms with van der Waals surface area (Å²) in [5, 5.41) is 6.67. The van der Waals surface area contributed by atoms with E-state index in [-0.39, 0.29) is 24.4 Å². The van der Waals surface area contributed by atoms with Crippen LogP contribution in [0, 0.1) is 5.92 Å². The zero-order chi connectivity index (χ0) is 16.4. The molecule has 25 heavy (non-hydrogen) atoms. The van der Waals surface area contributed by atoms with Crippen LogP contribution in [0.1, 0.15) is 56.9 Å². The average molecular weight is 365 g/mol. The molecule has 1 amide bonds. The highest BCUT2D eigenvalue weighted by Gasteiger charge is 2.38. The Hall–Kier alpha value is -1.26. The SMILES string of the molecule is Cl.O=C(NCc1ccccc1OC1CCC1)C1CC2CCCCC2N1. The summed E-state index contributed by atoms with van der Waals surface area (Å²) in [7, 11) is 0. The van der Waals surface area contributed by atoms with Gasteiger partial charge < -0.3 is 15.4 Å². The summed E-state index contributed by atoms with van der Waals surface area (Å²) in [6.07, 6.45) is 10.0. The molecule has 0 radical (unpaired) electrons. The molecule has 5 heteroatoms. The van der Waals surface area contributed by atoms with Crippen LogP contribution < -0.4 is 15.4 Å². The molecule has 2 saturated carbocycles. The van der Waals surface area contributed by atoms with E-state index in [1.54, 1.807) is 0 Å².